The first-order valence-electron chi connectivity index (χ1n) is 5.05. The molecule has 0 radical (unpaired) electrons. The fraction of sp³-hybridized carbons (Fsp3) is 0.667. The number of allylic oxidation sites excluding steroid dienone is 4. The Morgan fingerprint density at radius 1 is 1.08 bits per heavy atom. The second-order valence-electron chi connectivity index (χ2n) is 4.50. The van der Waals surface area contributed by atoms with Gasteiger partial charge in [0.2, 0.25) is 0 Å². The van der Waals surface area contributed by atoms with Crippen LogP contribution in [0.1, 0.15) is 33.6 Å². The van der Waals surface area contributed by atoms with Gasteiger partial charge < -0.3 is 0 Å². The third kappa shape index (κ3) is 1.14. The molecule has 3 unspecified atom stereocenters. The third-order valence-corrected chi connectivity index (χ3v) is 3.64. The lowest BCUT2D eigenvalue weighted by Gasteiger charge is -2.23. The summed E-state index contributed by atoms with van der Waals surface area (Å²) in [5, 5.41) is 0. The van der Waals surface area contributed by atoms with Crippen LogP contribution in [0, 0.1) is 17.8 Å². The van der Waals surface area contributed by atoms with E-state index in [-0.39, 0.29) is 0 Å². The van der Waals surface area contributed by atoms with Crippen molar-refractivity contribution >= 4 is 0 Å². The van der Waals surface area contributed by atoms with Crippen LogP contribution in [-0.2, 0) is 0 Å². The fourth-order valence-electron chi connectivity index (χ4n) is 2.62. The molecule has 0 heterocycles. The molecule has 1 fully saturated rings. The van der Waals surface area contributed by atoms with Gasteiger partial charge in [0.15, 0.2) is 0 Å². The molecule has 0 aromatic heterocycles. The number of hydrogen-bond donors (Lipinski definition) is 0. The average molecular weight is 162 g/mol. The molecule has 0 nitrogen and oxygen atoms in total. The molecule has 0 bridgehead atoms. The van der Waals surface area contributed by atoms with Gasteiger partial charge in [-0.05, 0) is 44.4 Å². The van der Waals surface area contributed by atoms with Crippen LogP contribution in [-0.4, -0.2) is 0 Å². The van der Waals surface area contributed by atoms with Crippen molar-refractivity contribution in [2.45, 2.75) is 33.6 Å². The maximum atomic E-state index is 2.50. The van der Waals surface area contributed by atoms with E-state index in [0.29, 0.717) is 0 Å². The molecule has 0 amide bonds. The monoisotopic (exact) mass is 162 g/mol. The standard InChI is InChI=1S/C12H18/c1-8-4-5-11-6-9(2)10(3)7-12(8)11/h6-8,11-12H,4-5H2,1-3H3. The molecule has 0 aliphatic heterocycles. The second-order valence-corrected chi connectivity index (χ2v) is 4.50. The number of rotatable bonds is 0. The van der Waals surface area contributed by atoms with E-state index in [2.05, 4.69) is 32.9 Å². The average Bonchev–Trinajstić information content (AvgIpc) is 2.35. The summed E-state index contributed by atoms with van der Waals surface area (Å²) in [7, 11) is 0. The highest BCUT2D eigenvalue weighted by Crippen LogP contribution is 2.42. The first-order chi connectivity index (χ1) is 5.68. The van der Waals surface area contributed by atoms with Gasteiger partial charge in [0.25, 0.3) is 0 Å². The van der Waals surface area contributed by atoms with Crippen molar-refractivity contribution in [3.63, 3.8) is 0 Å². The molecule has 0 heteroatoms. The minimum Gasteiger partial charge on any atom is -0.0776 e. The van der Waals surface area contributed by atoms with Crippen LogP contribution in [0.25, 0.3) is 0 Å². The lowest BCUT2D eigenvalue weighted by molar-refractivity contribution is 0.446. The van der Waals surface area contributed by atoms with Crippen LogP contribution in [0.3, 0.4) is 0 Å². The van der Waals surface area contributed by atoms with Crippen molar-refractivity contribution in [1.82, 2.24) is 0 Å². The van der Waals surface area contributed by atoms with Gasteiger partial charge in [0.05, 0.1) is 0 Å². The SMILES string of the molecule is CC1=CC2CCC(C)C2C=C1C. The summed E-state index contributed by atoms with van der Waals surface area (Å²) >= 11 is 0. The Kier molecular flexibility index (Phi) is 1.86. The summed E-state index contributed by atoms with van der Waals surface area (Å²) < 4.78 is 0. The molecule has 0 spiro atoms. The van der Waals surface area contributed by atoms with Crippen LogP contribution < -0.4 is 0 Å². The second kappa shape index (κ2) is 2.76. The van der Waals surface area contributed by atoms with Crippen molar-refractivity contribution in [3.8, 4) is 0 Å². The van der Waals surface area contributed by atoms with E-state index in [1.54, 1.807) is 0 Å². The topological polar surface area (TPSA) is 0 Å². The van der Waals surface area contributed by atoms with Gasteiger partial charge in [-0.3, -0.25) is 0 Å². The van der Waals surface area contributed by atoms with Gasteiger partial charge in [-0.1, -0.05) is 30.2 Å². The molecule has 0 aromatic rings. The van der Waals surface area contributed by atoms with Crippen LogP contribution in [0.5, 0.6) is 0 Å². The Balaban J connectivity index is 2.27. The first kappa shape index (κ1) is 8.10. The van der Waals surface area contributed by atoms with Gasteiger partial charge in [-0.2, -0.15) is 0 Å². The van der Waals surface area contributed by atoms with Crippen LogP contribution in [0.4, 0.5) is 0 Å². The zero-order chi connectivity index (χ0) is 8.72. The first-order valence-corrected chi connectivity index (χ1v) is 5.05. The predicted octanol–water partition coefficient (Wildman–Crippen LogP) is 3.55. The Labute approximate surface area is 75.4 Å². The maximum absolute atomic E-state index is 2.50. The zero-order valence-corrected chi connectivity index (χ0v) is 8.30. The van der Waals surface area contributed by atoms with E-state index in [1.807, 2.05) is 0 Å². The lowest BCUT2D eigenvalue weighted by Crippen LogP contribution is -2.13. The van der Waals surface area contributed by atoms with E-state index >= 15 is 0 Å². The normalized spacial score (nSPS) is 40.4. The van der Waals surface area contributed by atoms with Crippen LogP contribution in [0.15, 0.2) is 23.3 Å². The van der Waals surface area contributed by atoms with E-state index in [4.69, 9.17) is 0 Å². The molecule has 12 heavy (non-hydrogen) atoms. The molecule has 1 saturated carbocycles. The molecule has 2 aliphatic carbocycles. The van der Waals surface area contributed by atoms with Crippen molar-refractivity contribution < 1.29 is 0 Å². The van der Waals surface area contributed by atoms with E-state index in [0.717, 1.165) is 17.8 Å². The summed E-state index contributed by atoms with van der Waals surface area (Å²) in [6.45, 7) is 6.88. The summed E-state index contributed by atoms with van der Waals surface area (Å²) in [6, 6.07) is 0. The van der Waals surface area contributed by atoms with Gasteiger partial charge in [-0.15, -0.1) is 0 Å². The van der Waals surface area contributed by atoms with Crippen LogP contribution >= 0.6 is 0 Å². The van der Waals surface area contributed by atoms with Gasteiger partial charge in [0, 0.05) is 0 Å². The Hall–Kier alpha value is -0.520. The highest BCUT2D eigenvalue weighted by atomic mass is 14.4. The summed E-state index contributed by atoms with van der Waals surface area (Å²) in [4.78, 5) is 0. The number of hydrogen-bond acceptors (Lipinski definition) is 0. The van der Waals surface area contributed by atoms with Crippen molar-refractivity contribution in [2.24, 2.45) is 17.8 Å². The Morgan fingerprint density at radius 3 is 2.50 bits per heavy atom. The highest BCUT2D eigenvalue weighted by molar-refractivity contribution is 5.33. The smallest absolute Gasteiger partial charge is 0.0139 e. The van der Waals surface area contributed by atoms with Crippen LogP contribution in [0.2, 0.25) is 0 Å². The Bertz CT molecular complexity index is 245. The van der Waals surface area contributed by atoms with Gasteiger partial charge in [0.1, 0.15) is 0 Å². The highest BCUT2D eigenvalue weighted by Gasteiger charge is 2.32. The summed E-state index contributed by atoms with van der Waals surface area (Å²) in [6.07, 6.45) is 7.82. The minimum atomic E-state index is 0.855. The van der Waals surface area contributed by atoms with Gasteiger partial charge >= 0.3 is 0 Å². The lowest BCUT2D eigenvalue weighted by atomic mass is 9.82. The summed E-state index contributed by atoms with van der Waals surface area (Å²) in [5.41, 5.74) is 3.01. The van der Waals surface area contributed by atoms with E-state index in [9.17, 15) is 0 Å². The maximum Gasteiger partial charge on any atom is -0.0139 e. The quantitative estimate of drug-likeness (QED) is 0.511. The molecule has 2 rings (SSSR count). The summed E-state index contributed by atoms with van der Waals surface area (Å²) in [5.74, 6) is 2.63. The predicted molar refractivity (Wildman–Crippen MR) is 52.9 cm³/mol. The minimum absolute atomic E-state index is 0.855. The number of fused-ring (bicyclic) bond motifs is 1. The fourth-order valence-corrected chi connectivity index (χ4v) is 2.62. The molecule has 3 atom stereocenters. The van der Waals surface area contributed by atoms with E-state index < -0.39 is 0 Å². The largest absolute Gasteiger partial charge is 0.0776 e. The van der Waals surface area contributed by atoms with E-state index in [1.165, 1.54) is 24.0 Å². The molecule has 66 valence electrons. The molecule has 0 N–H and O–H groups in total. The Morgan fingerprint density at radius 2 is 1.75 bits per heavy atom. The van der Waals surface area contributed by atoms with Gasteiger partial charge in [-0.25, -0.2) is 0 Å². The molecular formula is C12H18. The molecular weight excluding hydrogens is 144 g/mol. The van der Waals surface area contributed by atoms with Crippen molar-refractivity contribution in [3.05, 3.63) is 23.3 Å². The molecule has 2 aliphatic rings. The van der Waals surface area contributed by atoms with Crippen molar-refractivity contribution in [2.75, 3.05) is 0 Å². The molecule has 0 saturated heterocycles. The third-order valence-electron chi connectivity index (χ3n) is 3.64. The van der Waals surface area contributed by atoms with Crippen molar-refractivity contribution in [1.29, 1.82) is 0 Å². The molecule has 0 aromatic carbocycles. The zero-order valence-electron chi connectivity index (χ0n) is 8.30.